The van der Waals surface area contributed by atoms with Crippen molar-refractivity contribution in [3.8, 4) is 0 Å². The molecule has 0 saturated carbocycles. The summed E-state index contributed by atoms with van der Waals surface area (Å²) in [6.45, 7) is 9.76. The lowest BCUT2D eigenvalue weighted by Gasteiger charge is -2.22. The smallest absolute Gasteiger partial charge is 0.0579 e. The van der Waals surface area contributed by atoms with Crippen LogP contribution < -0.4 is 5.32 Å². The molecule has 1 heteroatoms. The fraction of sp³-hybridized carbons (Fsp3) is 0.368. The van der Waals surface area contributed by atoms with Crippen LogP contribution in [0.4, 0.5) is 0 Å². The van der Waals surface area contributed by atoms with Crippen LogP contribution >= 0.6 is 0 Å². The summed E-state index contributed by atoms with van der Waals surface area (Å²) < 4.78 is 0. The third kappa shape index (κ3) is 3.49. The molecule has 0 spiro atoms. The Morgan fingerprint density at radius 3 is 2.35 bits per heavy atom. The van der Waals surface area contributed by atoms with Gasteiger partial charge >= 0.3 is 0 Å². The van der Waals surface area contributed by atoms with Crippen molar-refractivity contribution in [1.82, 2.24) is 5.32 Å². The van der Waals surface area contributed by atoms with Crippen LogP contribution in [-0.4, -0.2) is 6.54 Å². The molecule has 0 bridgehead atoms. The van der Waals surface area contributed by atoms with E-state index in [4.69, 9.17) is 0 Å². The Hall–Kier alpha value is -1.60. The number of hydrogen-bond acceptors (Lipinski definition) is 1. The van der Waals surface area contributed by atoms with Gasteiger partial charge in [-0.1, -0.05) is 60.5 Å². The average molecular weight is 267 g/mol. The summed E-state index contributed by atoms with van der Waals surface area (Å²) in [6, 6.07) is 15.8. The van der Waals surface area contributed by atoms with Gasteiger partial charge < -0.3 is 5.32 Å². The number of aryl methyl sites for hydroxylation is 3. The molecule has 0 aliphatic heterocycles. The Balaban J connectivity index is 2.41. The van der Waals surface area contributed by atoms with Crippen LogP contribution in [0.3, 0.4) is 0 Å². The van der Waals surface area contributed by atoms with Gasteiger partial charge in [-0.2, -0.15) is 0 Å². The van der Waals surface area contributed by atoms with E-state index in [0.717, 1.165) is 13.0 Å². The van der Waals surface area contributed by atoms with Gasteiger partial charge in [0.25, 0.3) is 0 Å². The summed E-state index contributed by atoms with van der Waals surface area (Å²) in [7, 11) is 0. The largest absolute Gasteiger partial charge is 0.306 e. The minimum absolute atomic E-state index is 0.287. The van der Waals surface area contributed by atoms with Gasteiger partial charge in [0.2, 0.25) is 0 Å². The van der Waals surface area contributed by atoms with Gasteiger partial charge in [0.05, 0.1) is 6.04 Å². The predicted molar refractivity (Wildman–Crippen MR) is 87.2 cm³/mol. The van der Waals surface area contributed by atoms with Crippen molar-refractivity contribution in [3.63, 3.8) is 0 Å². The highest BCUT2D eigenvalue weighted by Gasteiger charge is 2.15. The van der Waals surface area contributed by atoms with Crippen LogP contribution in [0, 0.1) is 20.8 Å². The van der Waals surface area contributed by atoms with E-state index in [9.17, 15) is 0 Å². The number of benzene rings is 2. The lowest BCUT2D eigenvalue weighted by Crippen LogP contribution is -2.24. The molecule has 2 rings (SSSR count). The second-order valence-corrected chi connectivity index (χ2v) is 5.66. The van der Waals surface area contributed by atoms with E-state index in [-0.39, 0.29) is 6.04 Å². The van der Waals surface area contributed by atoms with Crippen molar-refractivity contribution in [3.05, 3.63) is 70.3 Å². The fourth-order valence-corrected chi connectivity index (χ4v) is 2.70. The lowest BCUT2D eigenvalue weighted by molar-refractivity contribution is 0.596. The van der Waals surface area contributed by atoms with Crippen LogP contribution in [0.2, 0.25) is 0 Å². The molecule has 0 saturated heterocycles. The first-order chi connectivity index (χ1) is 9.61. The number of nitrogens with one attached hydrogen (secondary N) is 1. The minimum atomic E-state index is 0.287. The highest BCUT2D eigenvalue weighted by atomic mass is 14.9. The van der Waals surface area contributed by atoms with Crippen molar-refractivity contribution >= 4 is 0 Å². The molecule has 2 aromatic carbocycles. The van der Waals surface area contributed by atoms with Crippen LogP contribution in [0.15, 0.2) is 42.5 Å². The third-order valence-corrected chi connectivity index (χ3v) is 3.71. The molecule has 0 aliphatic carbocycles. The highest BCUT2D eigenvalue weighted by molar-refractivity contribution is 5.39. The molecule has 1 N–H and O–H groups in total. The predicted octanol–water partition coefficient (Wildman–Crippen LogP) is 4.70. The minimum Gasteiger partial charge on any atom is -0.306 e. The van der Waals surface area contributed by atoms with Crippen LogP contribution in [0.1, 0.15) is 47.2 Å². The summed E-state index contributed by atoms with van der Waals surface area (Å²) >= 11 is 0. The van der Waals surface area contributed by atoms with Gasteiger partial charge in [-0.3, -0.25) is 0 Å². The fourth-order valence-electron chi connectivity index (χ4n) is 2.70. The molecule has 0 radical (unpaired) electrons. The van der Waals surface area contributed by atoms with E-state index in [1.807, 2.05) is 0 Å². The highest BCUT2D eigenvalue weighted by Crippen LogP contribution is 2.26. The maximum Gasteiger partial charge on any atom is 0.0579 e. The van der Waals surface area contributed by atoms with E-state index in [2.05, 4.69) is 75.5 Å². The zero-order valence-corrected chi connectivity index (χ0v) is 13.0. The molecule has 0 aliphatic rings. The summed E-state index contributed by atoms with van der Waals surface area (Å²) in [5.74, 6) is 0. The molecule has 20 heavy (non-hydrogen) atoms. The third-order valence-electron chi connectivity index (χ3n) is 3.71. The molecule has 0 heterocycles. The van der Waals surface area contributed by atoms with Crippen molar-refractivity contribution in [2.45, 2.75) is 40.2 Å². The van der Waals surface area contributed by atoms with E-state index in [1.54, 1.807) is 0 Å². The summed E-state index contributed by atoms with van der Waals surface area (Å²) in [5.41, 5.74) is 6.74. The zero-order chi connectivity index (χ0) is 14.5. The van der Waals surface area contributed by atoms with Crippen molar-refractivity contribution in [2.75, 3.05) is 6.54 Å². The Kier molecular flexibility index (Phi) is 4.97. The first kappa shape index (κ1) is 14.8. The average Bonchev–Trinajstić information content (AvgIpc) is 2.41. The Labute approximate surface area is 123 Å². The van der Waals surface area contributed by atoms with E-state index in [1.165, 1.54) is 27.8 Å². The van der Waals surface area contributed by atoms with Crippen LogP contribution in [-0.2, 0) is 0 Å². The molecular formula is C19H25N. The molecule has 0 aromatic heterocycles. The first-order valence-electron chi connectivity index (χ1n) is 7.49. The van der Waals surface area contributed by atoms with Gasteiger partial charge in [0.15, 0.2) is 0 Å². The topological polar surface area (TPSA) is 12.0 Å². The second-order valence-electron chi connectivity index (χ2n) is 5.66. The lowest BCUT2D eigenvalue weighted by atomic mass is 9.93. The summed E-state index contributed by atoms with van der Waals surface area (Å²) in [4.78, 5) is 0. The van der Waals surface area contributed by atoms with Crippen molar-refractivity contribution in [2.24, 2.45) is 0 Å². The van der Waals surface area contributed by atoms with Gasteiger partial charge in [-0.25, -0.2) is 0 Å². The Bertz CT molecular complexity index is 572. The van der Waals surface area contributed by atoms with E-state index < -0.39 is 0 Å². The first-order valence-corrected chi connectivity index (χ1v) is 7.49. The molecule has 0 amide bonds. The van der Waals surface area contributed by atoms with Crippen LogP contribution in [0.5, 0.6) is 0 Å². The molecule has 106 valence electrons. The SMILES string of the molecule is CCCNC(c1cccc(C)c1)c1ccc(C)cc1C. The maximum absolute atomic E-state index is 3.69. The number of hydrogen-bond donors (Lipinski definition) is 1. The van der Waals surface area contributed by atoms with E-state index in [0.29, 0.717) is 0 Å². The number of rotatable bonds is 5. The van der Waals surface area contributed by atoms with Crippen molar-refractivity contribution in [1.29, 1.82) is 0 Å². The Morgan fingerprint density at radius 1 is 0.950 bits per heavy atom. The molecule has 0 fully saturated rings. The van der Waals surface area contributed by atoms with Gasteiger partial charge in [0.1, 0.15) is 0 Å². The standard InChI is InChI=1S/C19H25N/c1-5-11-20-19(17-8-6-7-14(2)13-17)18-10-9-15(3)12-16(18)4/h6-10,12-13,19-20H,5,11H2,1-4H3. The summed E-state index contributed by atoms with van der Waals surface area (Å²) in [5, 5.41) is 3.69. The second kappa shape index (κ2) is 6.71. The molecule has 2 aromatic rings. The Morgan fingerprint density at radius 2 is 1.70 bits per heavy atom. The zero-order valence-electron chi connectivity index (χ0n) is 13.0. The monoisotopic (exact) mass is 267 g/mol. The molecule has 1 unspecified atom stereocenters. The normalized spacial score (nSPS) is 12.4. The molecule has 1 atom stereocenters. The molecular weight excluding hydrogens is 242 g/mol. The van der Waals surface area contributed by atoms with Gasteiger partial charge in [-0.15, -0.1) is 0 Å². The molecule has 1 nitrogen and oxygen atoms in total. The van der Waals surface area contributed by atoms with Gasteiger partial charge in [-0.05, 0) is 50.4 Å². The quantitative estimate of drug-likeness (QED) is 0.828. The summed E-state index contributed by atoms with van der Waals surface area (Å²) in [6.07, 6.45) is 1.15. The van der Waals surface area contributed by atoms with Crippen LogP contribution in [0.25, 0.3) is 0 Å². The maximum atomic E-state index is 3.69. The van der Waals surface area contributed by atoms with E-state index >= 15 is 0 Å². The van der Waals surface area contributed by atoms with Gasteiger partial charge in [0, 0.05) is 0 Å². The van der Waals surface area contributed by atoms with Crippen molar-refractivity contribution < 1.29 is 0 Å².